The molecular weight excluding hydrogens is 332 g/mol. The molecule has 0 saturated carbocycles. The Hall–Kier alpha value is -2.34. The van der Waals surface area contributed by atoms with Gasteiger partial charge in [-0.15, -0.1) is 0 Å². The summed E-state index contributed by atoms with van der Waals surface area (Å²) in [5.41, 5.74) is 6.41. The van der Waals surface area contributed by atoms with E-state index in [9.17, 15) is 15.0 Å². The van der Waals surface area contributed by atoms with E-state index in [4.69, 9.17) is 15.2 Å². The van der Waals surface area contributed by atoms with Crippen molar-refractivity contribution in [1.29, 1.82) is 0 Å². The van der Waals surface area contributed by atoms with Gasteiger partial charge in [0, 0.05) is 13.2 Å². The van der Waals surface area contributed by atoms with E-state index in [-0.39, 0.29) is 12.4 Å². The van der Waals surface area contributed by atoms with Gasteiger partial charge < -0.3 is 30.7 Å². The lowest BCUT2D eigenvalue weighted by atomic mass is 10.1. The highest BCUT2D eigenvalue weighted by atomic mass is 16.6. The fraction of sp³-hybridized carbons (Fsp3) is 0.571. The van der Waals surface area contributed by atoms with Crippen molar-refractivity contribution in [2.45, 2.75) is 31.5 Å². The number of anilines is 1. The van der Waals surface area contributed by atoms with Crippen molar-refractivity contribution < 1.29 is 24.5 Å². The molecule has 1 aliphatic rings. The van der Waals surface area contributed by atoms with Crippen LogP contribution >= 0.6 is 0 Å². The molecular formula is C14H20N6O5. The number of ether oxygens (including phenoxy) is 2. The predicted molar refractivity (Wildman–Crippen MR) is 85.2 cm³/mol. The molecule has 1 unspecified atom stereocenters. The highest BCUT2D eigenvalue weighted by molar-refractivity contribution is 5.82. The third-order valence-corrected chi connectivity index (χ3v) is 3.91. The smallest absolute Gasteiger partial charge is 0.252 e. The largest absolute Gasteiger partial charge is 0.387 e. The number of carbonyl (C=O) groups excluding carboxylic acids is 1. The molecule has 136 valence electrons. The number of aliphatic hydroxyl groups excluding tert-OH is 2. The minimum absolute atomic E-state index is 0.182. The van der Waals surface area contributed by atoms with Crippen molar-refractivity contribution >= 4 is 22.9 Å². The Kier molecular flexibility index (Phi) is 5.08. The minimum atomic E-state index is -1.39. The summed E-state index contributed by atoms with van der Waals surface area (Å²) in [7, 11) is 0. The lowest BCUT2D eigenvalue weighted by Crippen LogP contribution is -2.43. The Morgan fingerprint density at radius 2 is 2.20 bits per heavy atom. The highest BCUT2D eigenvalue weighted by Crippen LogP contribution is 2.31. The van der Waals surface area contributed by atoms with Gasteiger partial charge in [-0.3, -0.25) is 9.36 Å². The first kappa shape index (κ1) is 17.5. The molecule has 1 saturated heterocycles. The fourth-order valence-corrected chi connectivity index (χ4v) is 2.65. The van der Waals surface area contributed by atoms with E-state index < -0.39 is 30.4 Å². The van der Waals surface area contributed by atoms with Crippen LogP contribution in [-0.4, -0.2) is 73.7 Å². The number of nitrogens with zero attached hydrogens (tertiary/aromatic N) is 4. The number of carbonyl (C=O) groups is 1. The van der Waals surface area contributed by atoms with Crippen molar-refractivity contribution in [3.05, 3.63) is 12.7 Å². The molecule has 2 aromatic heterocycles. The van der Waals surface area contributed by atoms with Crippen LogP contribution in [0.25, 0.3) is 11.2 Å². The summed E-state index contributed by atoms with van der Waals surface area (Å²) in [6, 6.07) is 0. The van der Waals surface area contributed by atoms with Gasteiger partial charge in [0.1, 0.15) is 24.1 Å². The Morgan fingerprint density at radius 1 is 1.40 bits per heavy atom. The molecule has 2 aromatic rings. The number of nitrogens with one attached hydrogen (secondary N) is 1. The average Bonchev–Trinajstić information content (AvgIpc) is 3.15. The van der Waals surface area contributed by atoms with E-state index in [1.807, 2.05) is 6.92 Å². The molecule has 3 heterocycles. The van der Waals surface area contributed by atoms with Gasteiger partial charge in [-0.05, 0) is 6.92 Å². The van der Waals surface area contributed by atoms with Crippen LogP contribution < -0.4 is 11.1 Å². The maximum Gasteiger partial charge on any atom is 0.252 e. The van der Waals surface area contributed by atoms with Gasteiger partial charge in [-0.2, -0.15) is 0 Å². The lowest BCUT2D eigenvalue weighted by Gasteiger charge is -2.16. The van der Waals surface area contributed by atoms with Crippen LogP contribution in [0.3, 0.4) is 0 Å². The molecule has 4 atom stereocenters. The Labute approximate surface area is 142 Å². The van der Waals surface area contributed by atoms with Crippen molar-refractivity contribution in [1.82, 2.24) is 24.8 Å². The fourth-order valence-electron chi connectivity index (χ4n) is 2.65. The van der Waals surface area contributed by atoms with Gasteiger partial charge in [0.15, 0.2) is 23.8 Å². The summed E-state index contributed by atoms with van der Waals surface area (Å²) < 4.78 is 12.1. The molecule has 0 radical (unpaired) electrons. The van der Waals surface area contributed by atoms with Gasteiger partial charge in [0.2, 0.25) is 0 Å². The number of fused-ring (bicyclic) bond motifs is 1. The lowest BCUT2D eigenvalue weighted by molar-refractivity contribution is -0.137. The molecule has 0 bridgehead atoms. The minimum Gasteiger partial charge on any atom is -0.387 e. The monoisotopic (exact) mass is 352 g/mol. The van der Waals surface area contributed by atoms with Gasteiger partial charge in [0.25, 0.3) is 5.91 Å². The van der Waals surface area contributed by atoms with E-state index in [1.165, 1.54) is 17.2 Å². The summed E-state index contributed by atoms with van der Waals surface area (Å²) in [4.78, 5) is 24.2. The Balaban J connectivity index is 1.75. The number of aliphatic hydroxyl groups is 2. The zero-order valence-corrected chi connectivity index (χ0v) is 13.6. The van der Waals surface area contributed by atoms with Crippen LogP contribution in [0, 0.1) is 0 Å². The number of hydrogen-bond acceptors (Lipinski definition) is 9. The molecule has 25 heavy (non-hydrogen) atoms. The van der Waals surface area contributed by atoms with E-state index in [0.717, 1.165) is 0 Å². The van der Waals surface area contributed by atoms with Crippen molar-refractivity contribution in [3.8, 4) is 0 Å². The van der Waals surface area contributed by atoms with Crippen molar-refractivity contribution in [3.63, 3.8) is 0 Å². The van der Waals surface area contributed by atoms with Gasteiger partial charge >= 0.3 is 0 Å². The number of nitrogens with two attached hydrogens (primary N) is 1. The van der Waals surface area contributed by atoms with Gasteiger partial charge in [0.05, 0.1) is 12.9 Å². The van der Waals surface area contributed by atoms with E-state index in [0.29, 0.717) is 24.4 Å². The normalized spacial score (nSPS) is 26.2. The van der Waals surface area contributed by atoms with Gasteiger partial charge in [-0.1, -0.05) is 0 Å². The third-order valence-electron chi connectivity index (χ3n) is 3.91. The van der Waals surface area contributed by atoms with Crippen LogP contribution in [0.5, 0.6) is 0 Å². The SMILES string of the molecule is CCOCCNC(=O)[C@H]1OC(n2cnc3c(N)ncnc32)[C@H](O)[C@@H]1O. The zero-order valence-electron chi connectivity index (χ0n) is 13.6. The molecule has 0 spiro atoms. The summed E-state index contributed by atoms with van der Waals surface area (Å²) in [5, 5.41) is 23.0. The van der Waals surface area contributed by atoms with E-state index in [1.54, 1.807) is 0 Å². The van der Waals surface area contributed by atoms with Crippen molar-refractivity contribution in [2.24, 2.45) is 0 Å². The molecule has 5 N–H and O–H groups in total. The molecule has 1 fully saturated rings. The summed E-state index contributed by atoms with van der Waals surface area (Å²) in [6.07, 6.45) is -2.36. The number of nitrogen functional groups attached to an aromatic ring is 1. The molecule has 11 nitrogen and oxygen atoms in total. The number of imidazole rings is 1. The molecule has 3 rings (SSSR count). The number of rotatable bonds is 6. The molecule has 1 aliphatic heterocycles. The van der Waals surface area contributed by atoms with Crippen molar-refractivity contribution in [2.75, 3.05) is 25.5 Å². The standard InChI is InChI=1S/C14H20N6O5/c1-2-24-4-3-16-13(23)10-8(21)9(22)14(25-10)20-6-19-7-11(15)17-5-18-12(7)20/h5-6,8-10,14,21-22H,2-4H2,1H3,(H,16,23)(H2,15,17,18)/t8-,9+,10-,14?/m0/s1. The predicted octanol–water partition coefficient (Wildman–Crippen LogP) is -1.82. The topological polar surface area (TPSA) is 158 Å². The number of hydrogen-bond donors (Lipinski definition) is 4. The third kappa shape index (κ3) is 3.26. The maximum absolute atomic E-state index is 12.2. The van der Waals surface area contributed by atoms with Crippen LogP contribution in [0.4, 0.5) is 5.82 Å². The van der Waals surface area contributed by atoms with E-state index in [2.05, 4.69) is 20.3 Å². The molecule has 0 aliphatic carbocycles. The Morgan fingerprint density at radius 3 is 2.96 bits per heavy atom. The second-order valence-corrected chi connectivity index (χ2v) is 5.50. The molecule has 1 amide bonds. The summed E-state index contributed by atoms with van der Waals surface area (Å²) in [5.74, 6) is -0.352. The average molecular weight is 352 g/mol. The zero-order chi connectivity index (χ0) is 18.0. The van der Waals surface area contributed by atoms with Crippen LogP contribution in [0.2, 0.25) is 0 Å². The maximum atomic E-state index is 12.2. The second-order valence-electron chi connectivity index (χ2n) is 5.50. The van der Waals surface area contributed by atoms with Crippen LogP contribution in [-0.2, 0) is 14.3 Å². The number of aromatic nitrogens is 4. The highest BCUT2D eigenvalue weighted by Gasteiger charge is 2.47. The number of amides is 1. The second kappa shape index (κ2) is 7.27. The first-order valence-corrected chi connectivity index (χ1v) is 7.84. The molecule has 0 aromatic carbocycles. The molecule has 11 heteroatoms. The first-order chi connectivity index (χ1) is 12.0. The first-order valence-electron chi connectivity index (χ1n) is 7.84. The van der Waals surface area contributed by atoms with Crippen LogP contribution in [0.15, 0.2) is 12.7 Å². The summed E-state index contributed by atoms with van der Waals surface area (Å²) in [6.45, 7) is 3.01. The quantitative estimate of drug-likeness (QED) is 0.439. The van der Waals surface area contributed by atoms with E-state index >= 15 is 0 Å². The Bertz CT molecular complexity index is 752. The van der Waals surface area contributed by atoms with Gasteiger partial charge in [-0.25, -0.2) is 15.0 Å². The van der Waals surface area contributed by atoms with Crippen LogP contribution in [0.1, 0.15) is 13.2 Å². The summed E-state index contributed by atoms with van der Waals surface area (Å²) >= 11 is 0.